The fraction of sp³-hybridized carbons (Fsp3) is 0.391. The number of piperidine rings is 1. The molecule has 1 aliphatic rings. The summed E-state index contributed by atoms with van der Waals surface area (Å²) in [4.78, 5) is 17.3. The number of ether oxygens (including phenoxy) is 1. The first-order valence-electron chi connectivity index (χ1n) is 10.7. The van der Waals surface area contributed by atoms with Crippen molar-refractivity contribution in [3.63, 3.8) is 0 Å². The molecule has 0 N–H and O–H groups in total. The topological polar surface area (TPSA) is 77.2 Å². The van der Waals surface area contributed by atoms with Crippen molar-refractivity contribution in [3.8, 4) is 11.6 Å². The molecule has 0 saturated carbocycles. The Morgan fingerprint density at radius 1 is 1.03 bits per heavy atom. The van der Waals surface area contributed by atoms with Crippen molar-refractivity contribution in [2.24, 2.45) is 0 Å². The third kappa shape index (κ3) is 4.25. The van der Waals surface area contributed by atoms with E-state index in [1.807, 2.05) is 36.4 Å². The second-order valence-corrected chi connectivity index (χ2v) is 9.25. The Morgan fingerprint density at radius 2 is 1.81 bits per heavy atom. The van der Waals surface area contributed by atoms with Crippen molar-refractivity contribution >= 4 is 26.8 Å². The highest BCUT2D eigenvalue weighted by atomic mass is 32.1. The molecule has 0 radical (unpaired) electrons. The monoisotopic (exact) mass is 435 g/mol. The van der Waals surface area contributed by atoms with Crippen molar-refractivity contribution in [2.45, 2.75) is 45.4 Å². The van der Waals surface area contributed by atoms with Crippen LogP contribution in [-0.2, 0) is 0 Å². The minimum absolute atomic E-state index is 0.285. The minimum Gasteiger partial charge on any atom is -0.439 e. The molecule has 1 aliphatic heterocycles. The number of aromatic nitrogens is 4. The van der Waals surface area contributed by atoms with E-state index in [1.54, 1.807) is 11.3 Å². The van der Waals surface area contributed by atoms with Crippen LogP contribution in [0.1, 0.15) is 55.8 Å². The van der Waals surface area contributed by atoms with Crippen LogP contribution in [0.2, 0.25) is 0 Å². The highest BCUT2D eigenvalue weighted by molar-refractivity contribution is 7.21. The average molecular weight is 436 g/mol. The van der Waals surface area contributed by atoms with Gasteiger partial charge in [0.05, 0.1) is 0 Å². The molecule has 3 aromatic heterocycles. The van der Waals surface area contributed by atoms with Gasteiger partial charge in [0.1, 0.15) is 16.1 Å². The fourth-order valence-electron chi connectivity index (χ4n) is 3.67. The number of anilines is 1. The predicted octanol–water partition coefficient (Wildman–Crippen LogP) is 5.68. The van der Waals surface area contributed by atoms with Crippen molar-refractivity contribution < 1.29 is 9.26 Å². The molecule has 5 rings (SSSR count). The normalized spacial score (nSPS) is 15.2. The molecule has 8 heteroatoms. The van der Waals surface area contributed by atoms with Gasteiger partial charge in [-0.2, -0.15) is 4.98 Å². The lowest BCUT2D eigenvalue weighted by Crippen LogP contribution is -2.32. The van der Waals surface area contributed by atoms with E-state index in [2.05, 4.69) is 40.8 Å². The van der Waals surface area contributed by atoms with Crippen molar-refractivity contribution in [2.75, 3.05) is 18.0 Å². The Hall–Kier alpha value is -3.00. The Labute approximate surface area is 185 Å². The number of aryl methyl sites for hydroxylation is 1. The van der Waals surface area contributed by atoms with E-state index in [9.17, 15) is 0 Å². The van der Waals surface area contributed by atoms with Gasteiger partial charge < -0.3 is 14.2 Å². The summed E-state index contributed by atoms with van der Waals surface area (Å²) < 4.78 is 11.4. The van der Waals surface area contributed by atoms with Gasteiger partial charge in [0.25, 0.3) is 0 Å². The molecule has 0 spiro atoms. The average Bonchev–Trinajstić information content (AvgIpc) is 3.43. The van der Waals surface area contributed by atoms with Crippen LogP contribution >= 0.6 is 11.3 Å². The molecule has 160 valence electrons. The number of benzene rings is 1. The molecule has 1 aromatic carbocycles. The summed E-state index contributed by atoms with van der Waals surface area (Å²) in [5.41, 5.74) is 2.10. The van der Waals surface area contributed by atoms with Gasteiger partial charge in [-0.3, -0.25) is 0 Å². The van der Waals surface area contributed by atoms with Crippen LogP contribution in [-0.4, -0.2) is 33.2 Å². The molecule has 0 atom stereocenters. The number of pyridine rings is 1. The molecule has 0 amide bonds. The highest BCUT2D eigenvalue weighted by Crippen LogP contribution is 2.34. The maximum atomic E-state index is 5.91. The summed E-state index contributed by atoms with van der Waals surface area (Å²) in [7, 11) is 0. The van der Waals surface area contributed by atoms with Crippen molar-refractivity contribution in [1.29, 1.82) is 0 Å². The van der Waals surface area contributed by atoms with Gasteiger partial charge in [0.2, 0.25) is 11.8 Å². The van der Waals surface area contributed by atoms with Crippen molar-refractivity contribution in [1.82, 2.24) is 20.1 Å². The molecular weight excluding hydrogens is 410 g/mol. The van der Waals surface area contributed by atoms with Gasteiger partial charge in [-0.15, -0.1) is 0 Å². The first kappa shape index (κ1) is 19.9. The van der Waals surface area contributed by atoms with Gasteiger partial charge in [-0.05, 0) is 38.0 Å². The number of fused-ring (bicyclic) bond motifs is 1. The summed E-state index contributed by atoms with van der Waals surface area (Å²) in [6, 6.07) is 11.8. The van der Waals surface area contributed by atoms with Crippen LogP contribution < -0.4 is 9.64 Å². The molecular formula is C23H25N5O2S. The number of thiazole rings is 1. The molecule has 1 fully saturated rings. The maximum Gasteiger partial charge on any atom is 0.229 e. The van der Waals surface area contributed by atoms with Gasteiger partial charge >= 0.3 is 0 Å². The number of hydrogen-bond acceptors (Lipinski definition) is 8. The smallest absolute Gasteiger partial charge is 0.229 e. The van der Waals surface area contributed by atoms with E-state index in [1.165, 1.54) is 5.56 Å². The summed E-state index contributed by atoms with van der Waals surface area (Å²) in [5.74, 6) is 3.53. The molecule has 1 saturated heterocycles. The first-order valence-corrected chi connectivity index (χ1v) is 11.5. The first-order chi connectivity index (χ1) is 15.0. The summed E-state index contributed by atoms with van der Waals surface area (Å²) in [6.07, 6.45) is 1.95. The Kier molecular flexibility index (Phi) is 5.31. The molecule has 0 aliphatic carbocycles. The number of nitrogens with zero attached hydrogens (tertiary/aromatic N) is 5. The standard InChI is InChI=1S/C23H25N5O2S/c1-14(2)20-26-21(30-27-20)16-10-12-28(13-11-16)23-24-18-8-9-19(25-22(18)31-23)29-17-6-4-15(3)5-7-17/h4-9,14,16H,10-13H2,1-3H3. The van der Waals surface area contributed by atoms with Crippen LogP contribution in [0.5, 0.6) is 11.6 Å². The lowest BCUT2D eigenvalue weighted by molar-refractivity contribution is 0.326. The van der Waals surface area contributed by atoms with Crippen LogP contribution in [0.15, 0.2) is 40.9 Å². The summed E-state index contributed by atoms with van der Waals surface area (Å²) in [6.45, 7) is 8.04. The number of rotatable bonds is 5. The molecule has 31 heavy (non-hydrogen) atoms. The third-order valence-corrected chi connectivity index (χ3v) is 6.58. The van der Waals surface area contributed by atoms with Crippen LogP contribution in [0.4, 0.5) is 5.13 Å². The molecule has 0 unspecified atom stereocenters. The Morgan fingerprint density at radius 3 is 2.52 bits per heavy atom. The molecule has 4 heterocycles. The van der Waals surface area contributed by atoms with E-state index in [-0.39, 0.29) is 5.92 Å². The van der Waals surface area contributed by atoms with E-state index in [4.69, 9.17) is 14.2 Å². The van der Waals surface area contributed by atoms with Crippen LogP contribution in [0.25, 0.3) is 10.3 Å². The minimum atomic E-state index is 0.285. The molecule has 7 nitrogen and oxygen atoms in total. The lowest BCUT2D eigenvalue weighted by atomic mass is 9.97. The predicted molar refractivity (Wildman–Crippen MR) is 121 cm³/mol. The second-order valence-electron chi connectivity index (χ2n) is 8.29. The van der Waals surface area contributed by atoms with Gasteiger partial charge in [0.15, 0.2) is 11.0 Å². The Bertz CT molecular complexity index is 1180. The van der Waals surface area contributed by atoms with Crippen molar-refractivity contribution in [3.05, 3.63) is 53.7 Å². The van der Waals surface area contributed by atoms with E-state index in [0.717, 1.165) is 58.9 Å². The zero-order valence-corrected chi connectivity index (χ0v) is 18.7. The zero-order valence-electron chi connectivity index (χ0n) is 17.9. The second kappa shape index (κ2) is 8.26. The quantitative estimate of drug-likeness (QED) is 0.399. The molecule has 4 aromatic rings. The van der Waals surface area contributed by atoms with Gasteiger partial charge in [-0.1, -0.05) is 48.0 Å². The van der Waals surface area contributed by atoms with E-state index < -0.39 is 0 Å². The van der Waals surface area contributed by atoms with Crippen LogP contribution in [0, 0.1) is 6.92 Å². The zero-order chi connectivity index (χ0) is 21.4. The summed E-state index contributed by atoms with van der Waals surface area (Å²) >= 11 is 1.61. The third-order valence-electron chi connectivity index (χ3n) is 5.55. The van der Waals surface area contributed by atoms with E-state index in [0.29, 0.717) is 11.8 Å². The van der Waals surface area contributed by atoms with Gasteiger partial charge in [-0.25, -0.2) is 9.97 Å². The Balaban J connectivity index is 1.26. The summed E-state index contributed by atoms with van der Waals surface area (Å²) in [5, 5.41) is 5.11. The largest absolute Gasteiger partial charge is 0.439 e. The maximum absolute atomic E-state index is 5.91. The SMILES string of the molecule is Cc1ccc(Oc2ccc3nc(N4CCC(c5nc(C(C)C)no5)CC4)sc3n2)cc1. The number of hydrogen-bond donors (Lipinski definition) is 0. The van der Waals surface area contributed by atoms with Gasteiger partial charge in [0, 0.05) is 31.0 Å². The van der Waals surface area contributed by atoms with Crippen LogP contribution in [0.3, 0.4) is 0 Å². The lowest BCUT2D eigenvalue weighted by Gasteiger charge is -2.29. The fourth-order valence-corrected chi connectivity index (χ4v) is 4.66. The molecule has 0 bridgehead atoms. The highest BCUT2D eigenvalue weighted by Gasteiger charge is 2.27. The van der Waals surface area contributed by atoms with E-state index >= 15 is 0 Å².